The number of hydrogen-bond donors (Lipinski definition) is 1. The van der Waals surface area contributed by atoms with Crippen LogP contribution >= 0.6 is 0 Å². The molecule has 1 aliphatic heterocycles. The minimum atomic E-state index is 0.149. The number of nitrogens with one attached hydrogen (secondary N) is 1. The quantitative estimate of drug-likeness (QED) is 0.809. The van der Waals surface area contributed by atoms with Crippen LogP contribution < -0.4 is 10.2 Å². The molecule has 0 spiro atoms. The van der Waals surface area contributed by atoms with Crippen LogP contribution in [0.2, 0.25) is 0 Å². The molecule has 0 saturated carbocycles. The second-order valence-electron chi connectivity index (χ2n) is 5.37. The van der Waals surface area contributed by atoms with Crippen molar-refractivity contribution in [2.24, 2.45) is 0 Å². The molecule has 0 bridgehead atoms. The molecule has 6 heteroatoms. The average molecular weight is 291 g/mol. The zero-order valence-electron chi connectivity index (χ0n) is 13.0. The lowest BCUT2D eigenvalue weighted by Gasteiger charge is -2.34. The van der Waals surface area contributed by atoms with Gasteiger partial charge in [0.05, 0.1) is 0 Å². The van der Waals surface area contributed by atoms with Gasteiger partial charge in [0.2, 0.25) is 11.9 Å². The van der Waals surface area contributed by atoms with Gasteiger partial charge >= 0.3 is 0 Å². The predicted octanol–water partition coefficient (Wildman–Crippen LogP) is 1.75. The van der Waals surface area contributed by atoms with Crippen LogP contribution in [0, 0.1) is 0 Å². The number of carbonyl (C=O) groups is 1. The molecule has 6 nitrogen and oxygen atoms in total. The molecule has 1 amide bonds. The maximum Gasteiger partial charge on any atom is 0.224 e. The van der Waals surface area contributed by atoms with E-state index in [0.29, 0.717) is 5.95 Å². The van der Waals surface area contributed by atoms with E-state index in [0.717, 1.165) is 45.0 Å². The van der Waals surface area contributed by atoms with Crippen molar-refractivity contribution in [3.05, 3.63) is 12.3 Å². The number of unbranched alkanes of at least 4 members (excludes halogenated alkanes) is 2. The number of anilines is 2. The molecule has 1 N–H and O–H groups in total. The molecular weight excluding hydrogens is 266 g/mol. The monoisotopic (exact) mass is 291 g/mol. The maximum absolute atomic E-state index is 11.3. The molecule has 1 saturated heterocycles. The first-order chi connectivity index (χ1) is 10.2. The number of nitrogens with zero attached hydrogens (tertiary/aromatic N) is 4. The van der Waals surface area contributed by atoms with E-state index < -0.39 is 0 Å². The second kappa shape index (κ2) is 7.81. The van der Waals surface area contributed by atoms with Crippen molar-refractivity contribution in [3.63, 3.8) is 0 Å². The van der Waals surface area contributed by atoms with Crippen LogP contribution in [0.1, 0.15) is 33.1 Å². The molecule has 1 aromatic rings. The average Bonchev–Trinajstić information content (AvgIpc) is 2.52. The normalized spacial score (nSPS) is 15.1. The van der Waals surface area contributed by atoms with E-state index in [2.05, 4.69) is 27.1 Å². The van der Waals surface area contributed by atoms with E-state index in [9.17, 15) is 4.79 Å². The van der Waals surface area contributed by atoms with Crippen LogP contribution in [0.25, 0.3) is 0 Å². The van der Waals surface area contributed by atoms with E-state index in [4.69, 9.17) is 0 Å². The molecule has 2 heterocycles. The summed E-state index contributed by atoms with van der Waals surface area (Å²) in [5, 5.41) is 3.27. The summed E-state index contributed by atoms with van der Waals surface area (Å²) in [6, 6.07) is 1.93. The number of amides is 1. The highest BCUT2D eigenvalue weighted by atomic mass is 16.2. The molecule has 1 fully saturated rings. The highest BCUT2D eigenvalue weighted by Crippen LogP contribution is 2.14. The minimum absolute atomic E-state index is 0.149. The summed E-state index contributed by atoms with van der Waals surface area (Å²) >= 11 is 0. The fraction of sp³-hybridized carbons (Fsp3) is 0.667. The lowest BCUT2D eigenvalue weighted by atomic mass is 10.2. The second-order valence-corrected chi connectivity index (χ2v) is 5.37. The van der Waals surface area contributed by atoms with Crippen LogP contribution in [0.5, 0.6) is 0 Å². The van der Waals surface area contributed by atoms with Gasteiger partial charge in [0.25, 0.3) is 0 Å². The summed E-state index contributed by atoms with van der Waals surface area (Å²) in [5.41, 5.74) is 0. The van der Waals surface area contributed by atoms with E-state index in [1.54, 1.807) is 13.1 Å². The van der Waals surface area contributed by atoms with Gasteiger partial charge < -0.3 is 15.1 Å². The Balaban J connectivity index is 1.87. The van der Waals surface area contributed by atoms with Crippen LogP contribution in [0.15, 0.2) is 12.3 Å². The van der Waals surface area contributed by atoms with Crippen molar-refractivity contribution in [2.45, 2.75) is 33.1 Å². The Kier molecular flexibility index (Phi) is 5.78. The Morgan fingerprint density at radius 3 is 2.71 bits per heavy atom. The van der Waals surface area contributed by atoms with Gasteiger partial charge in [-0.15, -0.1) is 0 Å². The lowest BCUT2D eigenvalue weighted by molar-refractivity contribution is -0.129. The van der Waals surface area contributed by atoms with Crippen molar-refractivity contribution in [2.75, 3.05) is 42.9 Å². The molecule has 0 atom stereocenters. The Labute approximate surface area is 126 Å². The third kappa shape index (κ3) is 4.58. The van der Waals surface area contributed by atoms with Gasteiger partial charge in [-0.25, -0.2) is 4.98 Å². The molecule has 0 aromatic carbocycles. The standard InChI is InChI=1S/C15H25N5O/c1-3-4-5-7-16-15-17-8-6-14(18-15)20-11-9-19(10-12-20)13(2)21/h6,8H,3-5,7,9-12H2,1-2H3,(H,16,17,18). The fourth-order valence-electron chi connectivity index (χ4n) is 2.44. The number of hydrogen-bond acceptors (Lipinski definition) is 5. The first-order valence-electron chi connectivity index (χ1n) is 7.78. The molecular formula is C15H25N5O. The number of carbonyl (C=O) groups excluding carboxylic acids is 1. The van der Waals surface area contributed by atoms with Gasteiger partial charge in [0.1, 0.15) is 5.82 Å². The zero-order chi connectivity index (χ0) is 15.1. The molecule has 0 radical (unpaired) electrons. The summed E-state index contributed by atoms with van der Waals surface area (Å²) in [6.45, 7) is 7.90. The van der Waals surface area contributed by atoms with Crippen molar-refractivity contribution >= 4 is 17.7 Å². The van der Waals surface area contributed by atoms with Gasteiger partial charge in [-0.1, -0.05) is 19.8 Å². The molecule has 1 aliphatic rings. The smallest absolute Gasteiger partial charge is 0.224 e. The lowest BCUT2D eigenvalue weighted by Crippen LogP contribution is -2.48. The van der Waals surface area contributed by atoms with Gasteiger partial charge in [-0.05, 0) is 12.5 Å². The van der Waals surface area contributed by atoms with Crippen molar-refractivity contribution in [1.82, 2.24) is 14.9 Å². The molecule has 0 unspecified atom stereocenters. The van der Waals surface area contributed by atoms with E-state index in [-0.39, 0.29) is 5.91 Å². The van der Waals surface area contributed by atoms with Crippen molar-refractivity contribution in [3.8, 4) is 0 Å². The number of rotatable bonds is 6. The summed E-state index contributed by atoms with van der Waals surface area (Å²) in [7, 11) is 0. The summed E-state index contributed by atoms with van der Waals surface area (Å²) < 4.78 is 0. The molecule has 2 rings (SSSR count). The third-order valence-electron chi connectivity index (χ3n) is 3.75. The molecule has 1 aromatic heterocycles. The minimum Gasteiger partial charge on any atom is -0.354 e. The first-order valence-corrected chi connectivity index (χ1v) is 7.78. The van der Waals surface area contributed by atoms with Gasteiger partial charge in [0, 0.05) is 45.8 Å². The van der Waals surface area contributed by atoms with Gasteiger partial charge in [-0.2, -0.15) is 4.98 Å². The summed E-state index contributed by atoms with van der Waals surface area (Å²) in [6.07, 6.45) is 5.37. The predicted molar refractivity (Wildman–Crippen MR) is 84.5 cm³/mol. The fourth-order valence-corrected chi connectivity index (χ4v) is 2.44. The van der Waals surface area contributed by atoms with Gasteiger partial charge in [-0.3, -0.25) is 4.79 Å². The third-order valence-corrected chi connectivity index (χ3v) is 3.75. The number of piperazine rings is 1. The van der Waals surface area contributed by atoms with Crippen molar-refractivity contribution < 1.29 is 4.79 Å². The number of aromatic nitrogens is 2. The highest BCUT2D eigenvalue weighted by Gasteiger charge is 2.19. The highest BCUT2D eigenvalue weighted by molar-refractivity contribution is 5.73. The maximum atomic E-state index is 11.3. The van der Waals surface area contributed by atoms with E-state index in [1.165, 1.54) is 12.8 Å². The van der Waals surface area contributed by atoms with E-state index in [1.807, 2.05) is 11.0 Å². The largest absolute Gasteiger partial charge is 0.354 e. The van der Waals surface area contributed by atoms with Gasteiger partial charge in [0.15, 0.2) is 0 Å². The van der Waals surface area contributed by atoms with Crippen LogP contribution in [0.3, 0.4) is 0 Å². The van der Waals surface area contributed by atoms with Crippen LogP contribution in [-0.2, 0) is 4.79 Å². The van der Waals surface area contributed by atoms with Crippen molar-refractivity contribution in [1.29, 1.82) is 0 Å². The van der Waals surface area contributed by atoms with E-state index >= 15 is 0 Å². The molecule has 0 aliphatic carbocycles. The molecule has 116 valence electrons. The summed E-state index contributed by atoms with van der Waals surface area (Å²) in [5.74, 6) is 1.78. The Hall–Kier alpha value is -1.85. The first kappa shape index (κ1) is 15.5. The topological polar surface area (TPSA) is 61.4 Å². The SMILES string of the molecule is CCCCCNc1nccc(N2CCN(C(C)=O)CC2)n1. The summed E-state index contributed by atoms with van der Waals surface area (Å²) in [4.78, 5) is 24.2. The van der Waals surface area contributed by atoms with Crippen LogP contribution in [-0.4, -0.2) is 53.5 Å². The van der Waals surface area contributed by atoms with Crippen LogP contribution in [0.4, 0.5) is 11.8 Å². The Morgan fingerprint density at radius 1 is 1.29 bits per heavy atom. The Bertz CT molecular complexity index is 457. The Morgan fingerprint density at radius 2 is 2.05 bits per heavy atom. The molecule has 21 heavy (non-hydrogen) atoms. The zero-order valence-corrected chi connectivity index (χ0v) is 13.0.